The summed E-state index contributed by atoms with van der Waals surface area (Å²) >= 11 is 0. The summed E-state index contributed by atoms with van der Waals surface area (Å²) in [5.41, 5.74) is 5.11. The van der Waals surface area contributed by atoms with E-state index in [0.29, 0.717) is 5.56 Å². The number of carbonyl (C=O) groups is 1. The van der Waals surface area contributed by atoms with E-state index in [-0.39, 0.29) is 5.91 Å². The summed E-state index contributed by atoms with van der Waals surface area (Å²) < 4.78 is 5.39. The molecule has 0 aromatic heterocycles. The van der Waals surface area contributed by atoms with Crippen LogP contribution in [0.15, 0.2) is 42.5 Å². The van der Waals surface area contributed by atoms with Crippen molar-refractivity contribution in [3.8, 4) is 0 Å². The van der Waals surface area contributed by atoms with Crippen LogP contribution in [-0.4, -0.2) is 32.2 Å². The number of nitrogens with one attached hydrogen (secondary N) is 2. The van der Waals surface area contributed by atoms with Crippen molar-refractivity contribution in [1.29, 1.82) is 0 Å². The molecule has 3 rings (SSSR count). The number of benzene rings is 2. The lowest BCUT2D eigenvalue weighted by molar-refractivity contribution is -0.921. The van der Waals surface area contributed by atoms with Gasteiger partial charge in [-0.25, -0.2) is 0 Å². The Morgan fingerprint density at radius 1 is 1.08 bits per heavy atom. The molecule has 0 saturated carbocycles. The molecule has 0 radical (unpaired) electrons. The quantitative estimate of drug-likeness (QED) is 0.902. The average molecular weight is 325 g/mol. The molecule has 0 atom stereocenters. The van der Waals surface area contributed by atoms with Gasteiger partial charge in [0, 0.05) is 16.8 Å². The fraction of sp³-hybridized carbons (Fsp3) is 0.350. The van der Waals surface area contributed by atoms with Gasteiger partial charge in [0.25, 0.3) is 5.91 Å². The lowest BCUT2D eigenvalue weighted by Gasteiger charge is -2.23. The molecule has 0 aliphatic carbocycles. The maximum atomic E-state index is 12.4. The normalized spacial score (nSPS) is 15.2. The molecule has 1 saturated heterocycles. The van der Waals surface area contributed by atoms with Gasteiger partial charge in [0.05, 0.1) is 13.2 Å². The minimum atomic E-state index is -0.0611. The molecule has 0 bridgehead atoms. The molecular weight excluding hydrogens is 300 g/mol. The summed E-state index contributed by atoms with van der Waals surface area (Å²) in [6.45, 7) is 8.84. The van der Waals surface area contributed by atoms with Crippen LogP contribution in [0.4, 0.5) is 5.69 Å². The van der Waals surface area contributed by atoms with Gasteiger partial charge in [0.15, 0.2) is 0 Å². The first kappa shape index (κ1) is 16.7. The van der Waals surface area contributed by atoms with Crippen LogP contribution in [0.2, 0.25) is 0 Å². The second-order valence-corrected chi connectivity index (χ2v) is 6.44. The Morgan fingerprint density at radius 3 is 2.50 bits per heavy atom. The number of quaternary nitrogens is 1. The fourth-order valence-corrected chi connectivity index (χ4v) is 2.98. The van der Waals surface area contributed by atoms with Crippen LogP contribution in [0.3, 0.4) is 0 Å². The fourth-order valence-electron chi connectivity index (χ4n) is 2.98. The van der Waals surface area contributed by atoms with Crippen LogP contribution in [0.25, 0.3) is 0 Å². The second kappa shape index (κ2) is 7.60. The van der Waals surface area contributed by atoms with E-state index in [1.165, 1.54) is 16.0 Å². The van der Waals surface area contributed by atoms with E-state index in [9.17, 15) is 4.79 Å². The Bertz CT molecular complexity index is 704. The Kier molecular flexibility index (Phi) is 5.28. The minimum Gasteiger partial charge on any atom is -0.370 e. The zero-order valence-corrected chi connectivity index (χ0v) is 14.4. The van der Waals surface area contributed by atoms with Crippen molar-refractivity contribution in [2.45, 2.75) is 20.4 Å². The molecule has 1 amide bonds. The highest BCUT2D eigenvalue weighted by Gasteiger charge is 2.14. The maximum Gasteiger partial charge on any atom is 0.255 e. The van der Waals surface area contributed by atoms with Crippen LogP contribution in [0.1, 0.15) is 27.0 Å². The van der Waals surface area contributed by atoms with Gasteiger partial charge < -0.3 is 15.0 Å². The molecule has 1 aliphatic rings. The first-order chi connectivity index (χ1) is 11.6. The van der Waals surface area contributed by atoms with Gasteiger partial charge >= 0.3 is 0 Å². The van der Waals surface area contributed by atoms with E-state index >= 15 is 0 Å². The SMILES string of the molecule is Cc1cccc(NC(=O)c2ccc(C[NH+]3CCOCC3)cc2)c1C. The van der Waals surface area contributed by atoms with Crippen LogP contribution in [0, 0.1) is 13.8 Å². The highest BCUT2D eigenvalue weighted by atomic mass is 16.5. The largest absolute Gasteiger partial charge is 0.370 e. The van der Waals surface area contributed by atoms with E-state index in [1.807, 2.05) is 44.2 Å². The van der Waals surface area contributed by atoms with Crippen LogP contribution >= 0.6 is 0 Å². The molecule has 4 heteroatoms. The highest BCUT2D eigenvalue weighted by Crippen LogP contribution is 2.19. The predicted octanol–water partition coefficient (Wildman–Crippen LogP) is 1.97. The molecule has 0 unspecified atom stereocenters. The zero-order chi connectivity index (χ0) is 16.9. The number of ether oxygens (including phenoxy) is 1. The topological polar surface area (TPSA) is 42.8 Å². The van der Waals surface area contributed by atoms with Gasteiger partial charge in [0.2, 0.25) is 0 Å². The van der Waals surface area contributed by atoms with Crippen LogP contribution in [-0.2, 0) is 11.3 Å². The summed E-state index contributed by atoms with van der Waals surface area (Å²) in [6.07, 6.45) is 0. The number of hydrogen-bond donors (Lipinski definition) is 2. The second-order valence-electron chi connectivity index (χ2n) is 6.44. The van der Waals surface area contributed by atoms with Gasteiger partial charge in [-0.2, -0.15) is 0 Å². The Labute approximate surface area is 143 Å². The third kappa shape index (κ3) is 4.02. The molecule has 1 aliphatic heterocycles. The van der Waals surface area contributed by atoms with Gasteiger partial charge in [-0.1, -0.05) is 24.3 Å². The Hall–Kier alpha value is -2.17. The van der Waals surface area contributed by atoms with Crippen molar-refractivity contribution in [3.05, 3.63) is 64.7 Å². The van der Waals surface area contributed by atoms with Gasteiger partial charge in [-0.05, 0) is 43.2 Å². The highest BCUT2D eigenvalue weighted by molar-refractivity contribution is 6.04. The predicted molar refractivity (Wildman–Crippen MR) is 95.5 cm³/mol. The molecule has 1 heterocycles. The first-order valence-electron chi connectivity index (χ1n) is 8.51. The third-order valence-electron chi connectivity index (χ3n) is 4.72. The standard InChI is InChI=1S/C20H24N2O2/c1-15-4-3-5-19(16(15)2)21-20(23)18-8-6-17(7-9-18)14-22-10-12-24-13-11-22/h3-9H,10-14H2,1-2H3,(H,21,23)/p+1. The summed E-state index contributed by atoms with van der Waals surface area (Å²) in [4.78, 5) is 14.0. The Morgan fingerprint density at radius 2 is 1.79 bits per heavy atom. The van der Waals surface area contributed by atoms with Crippen molar-refractivity contribution in [2.75, 3.05) is 31.6 Å². The summed E-state index contributed by atoms with van der Waals surface area (Å²) in [5.74, 6) is -0.0611. The van der Waals surface area contributed by atoms with Crippen molar-refractivity contribution in [3.63, 3.8) is 0 Å². The third-order valence-corrected chi connectivity index (χ3v) is 4.72. The van der Waals surface area contributed by atoms with Gasteiger partial charge in [-0.3, -0.25) is 4.79 Å². The van der Waals surface area contributed by atoms with Crippen molar-refractivity contribution < 1.29 is 14.4 Å². The summed E-state index contributed by atoms with van der Waals surface area (Å²) in [6, 6.07) is 13.9. The molecule has 4 nitrogen and oxygen atoms in total. The summed E-state index contributed by atoms with van der Waals surface area (Å²) in [5, 5.41) is 3.01. The molecule has 2 aromatic rings. The number of aryl methyl sites for hydroxylation is 1. The monoisotopic (exact) mass is 325 g/mol. The molecule has 1 fully saturated rings. The molecule has 126 valence electrons. The van der Waals surface area contributed by atoms with E-state index in [4.69, 9.17) is 4.74 Å². The molecule has 2 N–H and O–H groups in total. The number of anilines is 1. The van der Waals surface area contributed by atoms with E-state index in [0.717, 1.165) is 44.1 Å². The van der Waals surface area contributed by atoms with Gasteiger partial charge in [-0.15, -0.1) is 0 Å². The zero-order valence-electron chi connectivity index (χ0n) is 14.4. The van der Waals surface area contributed by atoms with E-state index in [2.05, 4.69) is 17.4 Å². The van der Waals surface area contributed by atoms with Gasteiger partial charge in [0.1, 0.15) is 19.6 Å². The van der Waals surface area contributed by atoms with Crippen molar-refractivity contribution >= 4 is 11.6 Å². The molecular formula is C20H25N2O2+. The van der Waals surface area contributed by atoms with E-state index < -0.39 is 0 Å². The van der Waals surface area contributed by atoms with Crippen LogP contribution < -0.4 is 10.2 Å². The summed E-state index contributed by atoms with van der Waals surface area (Å²) in [7, 11) is 0. The molecule has 0 spiro atoms. The van der Waals surface area contributed by atoms with Crippen molar-refractivity contribution in [1.82, 2.24) is 0 Å². The Balaban J connectivity index is 1.64. The number of morpholine rings is 1. The number of hydrogen-bond acceptors (Lipinski definition) is 2. The maximum absolute atomic E-state index is 12.4. The smallest absolute Gasteiger partial charge is 0.255 e. The average Bonchev–Trinajstić information content (AvgIpc) is 2.60. The number of rotatable bonds is 4. The lowest BCUT2D eigenvalue weighted by Crippen LogP contribution is -3.12. The number of amides is 1. The van der Waals surface area contributed by atoms with Crippen molar-refractivity contribution in [2.24, 2.45) is 0 Å². The molecule has 2 aromatic carbocycles. The first-order valence-corrected chi connectivity index (χ1v) is 8.51. The lowest BCUT2D eigenvalue weighted by atomic mass is 10.1. The minimum absolute atomic E-state index is 0.0611. The molecule has 24 heavy (non-hydrogen) atoms. The number of carbonyl (C=O) groups excluding carboxylic acids is 1. The van der Waals surface area contributed by atoms with Crippen LogP contribution in [0.5, 0.6) is 0 Å². The van der Waals surface area contributed by atoms with E-state index in [1.54, 1.807) is 0 Å².